The summed E-state index contributed by atoms with van der Waals surface area (Å²) < 4.78 is 11.0. The smallest absolute Gasteiger partial charge is 0.186 e. The van der Waals surface area contributed by atoms with Gasteiger partial charge in [0.1, 0.15) is 6.10 Å². The first-order chi connectivity index (χ1) is 5.58. The number of carbonyl (C=O) groups is 1. The minimum Gasteiger partial charge on any atom is -0.344 e. The van der Waals surface area contributed by atoms with Gasteiger partial charge < -0.3 is 9.47 Å². The summed E-state index contributed by atoms with van der Waals surface area (Å²) in [4.78, 5) is 11.3. The lowest BCUT2D eigenvalue weighted by molar-refractivity contribution is -0.152. The SMILES string of the molecule is CC1(C)O[C@@H]2CC=CC(=O)[C@@H]2O1. The zero-order chi connectivity index (χ0) is 8.77. The van der Waals surface area contributed by atoms with Gasteiger partial charge in [0, 0.05) is 0 Å². The number of carbonyl (C=O) groups excluding carboxylic acids is 1. The van der Waals surface area contributed by atoms with Crippen molar-refractivity contribution >= 4 is 5.78 Å². The third-order valence-corrected chi connectivity index (χ3v) is 2.11. The summed E-state index contributed by atoms with van der Waals surface area (Å²) in [5.74, 6) is -0.575. The zero-order valence-electron chi connectivity index (χ0n) is 7.24. The Labute approximate surface area is 71.3 Å². The van der Waals surface area contributed by atoms with Gasteiger partial charge in [-0.15, -0.1) is 0 Å². The summed E-state index contributed by atoms with van der Waals surface area (Å²) in [5.41, 5.74) is 0. The molecular weight excluding hydrogens is 156 g/mol. The molecule has 1 heterocycles. The molecule has 0 N–H and O–H groups in total. The summed E-state index contributed by atoms with van der Waals surface area (Å²) in [6, 6.07) is 0. The first-order valence-corrected chi connectivity index (χ1v) is 4.14. The van der Waals surface area contributed by atoms with Crippen LogP contribution in [0.15, 0.2) is 12.2 Å². The van der Waals surface area contributed by atoms with E-state index < -0.39 is 5.79 Å². The Morgan fingerprint density at radius 2 is 2.25 bits per heavy atom. The molecule has 0 unspecified atom stereocenters. The number of rotatable bonds is 0. The van der Waals surface area contributed by atoms with Gasteiger partial charge in [0.05, 0.1) is 6.10 Å². The Bertz CT molecular complexity index is 242. The summed E-state index contributed by atoms with van der Waals surface area (Å²) in [7, 11) is 0. The molecule has 66 valence electrons. The van der Waals surface area contributed by atoms with Crippen molar-refractivity contribution in [3.05, 3.63) is 12.2 Å². The highest BCUT2D eigenvalue weighted by molar-refractivity contribution is 5.95. The first-order valence-electron chi connectivity index (χ1n) is 4.14. The van der Waals surface area contributed by atoms with E-state index in [1.165, 1.54) is 0 Å². The standard InChI is InChI=1S/C9H12O3/c1-9(2)11-7-5-3-4-6(10)8(7)12-9/h3-4,7-8H,5H2,1-2H3/t7-,8+/m1/s1. The Hall–Kier alpha value is -0.670. The van der Waals surface area contributed by atoms with E-state index in [1.54, 1.807) is 6.08 Å². The van der Waals surface area contributed by atoms with Crippen molar-refractivity contribution < 1.29 is 14.3 Å². The maximum Gasteiger partial charge on any atom is 0.186 e. The predicted molar refractivity (Wildman–Crippen MR) is 42.6 cm³/mol. The fraction of sp³-hybridized carbons (Fsp3) is 0.667. The van der Waals surface area contributed by atoms with E-state index in [9.17, 15) is 4.79 Å². The van der Waals surface area contributed by atoms with Gasteiger partial charge >= 0.3 is 0 Å². The average Bonchev–Trinajstić information content (AvgIpc) is 2.25. The molecule has 0 amide bonds. The van der Waals surface area contributed by atoms with Crippen molar-refractivity contribution in [1.82, 2.24) is 0 Å². The number of ketones is 1. The van der Waals surface area contributed by atoms with Crippen LogP contribution in [0.3, 0.4) is 0 Å². The van der Waals surface area contributed by atoms with Crippen LogP contribution < -0.4 is 0 Å². The lowest BCUT2D eigenvalue weighted by Gasteiger charge is -2.15. The molecule has 1 saturated heterocycles. The average molecular weight is 168 g/mol. The number of ether oxygens (including phenoxy) is 2. The molecule has 0 aromatic carbocycles. The lowest BCUT2D eigenvalue weighted by Crippen LogP contribution is -2.32. The maximum atomic E-state index is 11.3. The van der Waals surface area contributed by atoms with Crippen molar-refractivity contribution in [1.29, 1.82) is 0 Å². The highest BCUT2D eigenvalue weighted by Gasteiger charge is 2.44. The van der Waals surface area contributed by atoms with Crippen LogP contribution in [0.1, 0.15) is 20.3 Å². The normalized spacial score (nSPS) is 38.3. The molecule has 0 radical (unpaired) electrons. The Balaban J connectivity index is 2.20. The summed E-state index contributed by atoms with van der Waals surface area (Å²) in [6.45, 7) is 3.66. The lowest BCUT2D eigenvalue weighted by atomic mass is 10.0. The van der Waals surface area contributed by atoms with Crippen LogP contribution in [0.2, 0.25) is 0 Å². The van der Waals surface area contributed by atoms with Crippen molar-refractivity contribution in [3.8, 4) is 0 Å². The van der Waals surface area contributed by atoms with Crippen molar-refractivity contribution in [2.45, 2.75) is 38.3 Å². The third kappa shape index (κ3) is 1.19. The summed E-state index contributed by atoms with van der Waals surface area (Å²) >= 11 is 0. The van der Waals surface area contributed by atoms with E-state index in [1.807, 2.05) is 19.9 Å². The number of hydrogen-bond acceptors (Lipinski definition) is 3. The van der Waals surface area contributed by atoms with Crippen LogP contribution >= 0.6 is 0 Å². The largest absolute Gasteiger partial charge is 0.344 e. The van der Waals surface area contributed by atoms with Gasteiger partial charge in [-0.3, -0.25) is 4.79 Å². The molecule has 0 spiro atoms. The Kier molecular flexibility index (Phi) is 1.59. The van der Waals surface area contributed by atoms with Crippen LogP contribution in [0, 0.1) is 0 Å². The van der Waals surface area contributed by atoms with Gasteiger partial charge in [-0.2, -0.15) is 0 Å². The predicted octanol–water partition coefficient (Wildman–Crippen LogP) is 1.04. The van der Waals surface area contributed by atoms with E-state index in [0.29, 0.717) is 0 Å². The van der Waals surface area contributed by atoms with Gasteiger partial charge in [-0.05, 0) is 26.3 Å². The topological polar surface area (TPSA) is 35.5 Å². The molecular formula is C9H12O3. The molecule has 2 aliphatic rings. The van der Waals surface area contributed by atoms with Crippen molar-refractivity contribution in [3.63, 3.8) is 0 Å². The summed E-state index contributed by atoms with van der Waals surface area (Å²) in [5, 5.41) is 0. The third-order valence-electron chi connectivity index (χ3n) is 2.11. The first kappa shape index (κ1) is 7.95. The summed E-state index contributed by atoms with van der Waals surface area (Å²) in [6.07, 6.45) is 3.75. The van der Waals surface area contributed by atoms with Gasteiger partial charge in [-0.25, -0.2) is 0 Å². The molecule has 1 aliphatic carbocycles. The van der Waals surface area contributed by atoms with Gasteiger partial charge in [0.2, 0.25) is 0 Å². The fourth-order valence-electron chi connectivity index (χ4n) is 1.66. The molecule has 3 nitrogen and oxygen atoms in total. The second-order valence-corrected chi connectivity index (χ2v) is 3.64. The zero-order valence-corrected chi connectivity index (χ0v) is 7.24. The van der Waals surface area contributed by atoms with Gasteiger partial charge in [0.15, 0.2) is 11.6 Å². The molecule has 3 heteroatoms. The highest BCUT2D eigenvalue weighted by Crippen LogP contribution is 2.32. The maximum absolute atomic E-state index is 11.3. The number of hydrogen-bond donors (Lipinski definition) is 0. The van der Waals surface area contributed by atoms with Crippen LogP contribution in [0.4, 0.5) is 0 Å². The minimum atomic E-state index is -0.600. The van der Waals surface area contributed by atoms with Gasteiger partial charge in [0.25, 0.3) is 0 Å². The minimum absolute atomic E-state index is 0.0248. The Morgan fingerprint density at radius 3 is 2.92 bits per heavy atom. The van der Waals surface area contributed by atoms with E-state index in [0.717, 1.165) is 6.42 Å². The molecule has 0 saturated carbocycles. The van der Waals surface area contributed by atoms with Crippen molar-refractivity contribution in [2.75, 3.05) is 0 Å². The monoisotopic (exact) mass is 168 g/mol. The number of fused-ring (bicyclic) bond motifs is 1. The van der Waals surface area contributed by atoms with Crippen LogP contribution in [-0.2, 0) is 14.3 Å². The highest BCUT2D eigenvalue weighted by atomic mass is 16.8. The second kappa shape index (κ2) is 2.41. The molecule has 1 fully saturated rings. The van der Waals surface area contributed by atoms with E-state index in [-0.39, 0.29) is 18.0 Å². The molecule has 0 aromatic heterocycles. The molecule has 2 rings (SSSR count). The molecule has 1 aliphatic heterocycles. The van der Waals surface area contributed by atoms with Crippen LogP contribution in [-0.4, -0.2) is 23.8 Å². The second-order valence-electron chi connectivity index (χ2n) is 3.64. The quantitative estimate of drug-likeness (QED) is 0.542. The van der Waals surface area contributed by atoms with Crippen molar-refractivity contribution in [2.24, 2.45) is 0 Å². The Morgan fingerprint density at radius 1 is 1.50 bits per heavy atom. The molecule has 0 bridgehead atoms. The van der Waals surface area contributed by atoms with E-state index in [2.05, 4.69) is 0 Å². The van der Waals surface area contributed by atoms with Gasteiger partial charge in [-0.1, -0.05) is 6.08 Å². The molecule has 0 aromatic rings. The molecule has 2 atom stereocenters. The van der Waals surface area contributed by atoms with Crippen LogP contribution in [0.5, 0.6) is 0 Å². The fourth-order valence-corrected chi connectivity index (χ4v) is 1.66. The molecule has 12 heavy (non-hydrogen) atoms. The van der Waals surface area contributed by atoms with E-state index >= 15 is 0 Å². The van der Waals surface area contributed by atoms with E-state index in [4.69, 9.17) is 9.47 Å². The van der Waals surface area contributed by atoms with Crippen LogP contribution in [0.25, 0.3) is 0 Å².